The van der Waals surface area contributed by atoms with Crippen molar-refractivity contribution in [2.75, 3.05) is 26.2 Å². The largest absolute Gasteiger partial charge is 0.455 e. The number of amides is 3. The van der Waals surface area contributed by atoms with Crippen LogP contribution in [0.5, 0.6) is 0 Å². The van der Waals surface area contributed by atoms with Crippen molar-refractivity contribution in [1.29, 1.82) is 0 Å². The van der Waals surface area contributed by atoms with Crippen molar-refractivity contribution in [3.05, 3.63) is 58.6 Å². The fourth-order valence-electron chi connectivity index (χ4n) is 8.17. The van der Waals surface area contributed by atoms with Crippen LogP contribution in [0.1, 0.15) is 84.8 Å². The summed E-state index contributed by atoms with van der Waals surface area (Å²) >= 11 is 3.63. The van der Waals surface area contributed by atoms with E-state index in [9.17, 15) is 19.5 Å². The summed E-state index contributed by atoms with van der Waals surface area (Å²) in [7, 11) is 0. The summed E-state index contributed by atoms with van der Waals surface area (Å²) in [5.41, 5.74) is -1.38. The number of nitrogens with zero attached hydrogens (tertiary/aromatic N) is 2. The molecule has 0 saturated carbocycles. The molecule has 4 aliphatic heterocycles. The van der Waals surface area contributed by atoms with E-state index in [2.05, 4.69) is 42.0 Å². The van der Waals surface area contributed by atoms with Crippen LogP contribution in [-0.4, -0.2) is 88.1 Å². The lowest BCUT2D eigenvalue weighted by Gasteiger charge is -2.45. The summed E-state index contributed by atoms with van der Waals surface area (Å²) < 4.78 is 13.4. The summed E-state index contributed by atoms with van der Waals surface area (Å²) in [5, 5.41) is 12.3. The standard InChI is InChI=1S/C37H50BrN3O7/c1-35(2,3)23-36(4,5)41-19-13-7-11-17-27(43)39-22-26(24-15-9-6-10-16-24)47-34(46)28-29-32(44)40(18-12-8-14-20-42)31(33(41)45)37(29)21-25(38)30(28)48-37/h6-7,9-10,13,15-16,21,26,28-31,42H,8,11-12,14,17-20,22-23H2,1-5H3,(H,39,43)/b13-7-/t26-,28-,29+,30-,31-,37+/m0/s1. The number of unbranched alkanes of at least 4 members (excludes halogenated alkanes) is 2. The second kappa shape index (κ2) is 14.5. The van der Waals surface area contributed by atoms with Crippen LogP contribution in [0.15, 0.2) is 53.0 Å². The highest BCUT2D eigenvalue weighted by Gasteiger charge is 2.75. The van der Waals surface area contributed by atoms with Gasteiger partial charge in [0.05, 0.1) is 12.5 Å². The number of hydrogen-bond acceptors (Lipinski definition) is 7. The molecule has 3 amide bonds. The molecule has 1 spiro atoms. The van der Waals surface area contributed by atoms with Crippen molar-refractivity contribution in [2.24, 2.45) is 17.3 Å². The van der Waals surface area contributed by atoms with E-state index in [1.54, 1.807) is 4.90 Å². The minimum absolute atomic E-state index is 0.0431. The molecular weight excluding hydrogens is 678 g/mol. The summed E-state index contributed by atoms with van der Waals surface area (Å²) in [4.78, 5) is 60.3. The van der Waals surface area contributed by atoms with Crippen LogP contribution >= 0.6 is 15.9 Å². The van der Waals surface area contributed by atoms with E-state index < -0.39 is 47.2 Å². The summed E-state index contributed by atoms with van der Waals surface area (Å²) in [5.74, 6) is -3.32. The van der Waals surface area contributed by atoms with Gasteiger partial charge in [0.15, 0.2) is 0 Å². The van der Waals surface area contributed by atoms with E-state index in [0.717, 1.165) is 0 Å². The smallest absolute Gasteiger partial charge is 0.313 e. The van der Waals surface area contributed by atoms with E-state index in [1.165, 1.54) is 0 Å². The number of halogens is 1. The zero-order valence-electron chi connectivity index (χ0n) is 28.7. The van der Waals surface area contributed by atoms with Gasteiger partial charge >= 0.3 is 5.97 Å². The Balaban J connectivity index is 1.60. The molecule has 2 N–H and O–H groups in total. The molecule has 5 bridgehead atoms. The van der Waals surface area contributed by atoms with Crippen molar-refractivity contribution in [1.82, 2.24) is 15.1 Å². The number of aliphatic hydroxyl groups excluding tert-OH is 1. The fraction of sp³-hybridized carbons (Fsp3) is 0.622. The average Bonchev–Trinajstić information content (AvgIpc) is 3.60. The third kappa shape index (κ3) is 7.28. The van der Waals surface area contributed by atoms with E-state index in [4.69, 9.17) is 9.47 Å². The summed E-state index contributed by atoms with van der Waals surface area (Å²) in [6.45, 7) is 11.2. The number of cyclic esters (lactones) is 1. The summed E-state index contributed by atoms with van der Waals surface area (Å²) in [6.07, 6.45) is 7.33. The molecular formula is C37H50BrN3O7. The Morgan fingerprint density at radius 3 is 2.42 bits per heavy atom. The third-order valence-electron chi connectivity index (χ3n) is 9.86. The molecule has 6 atom stereocenters. The van der Waals surface area contributed by atoms with E-state index in [1.807, 2.05) is 67.3 Å². The van der Waals surface area contributed by atoms with Gasteiger partial charge in [0.1, 0.15) is 29.8 Å². The first-order valence-electron chi connectivity index (χ1n) is 17.2. The van der Waals surface area contributed by atoms with Gasteiger partial charge in [0.2, 0.25) is 17.7 Å². The highest BCUT2D eigenvalue weighted by Crippen LogP contribution is 2.59. The zero-order chi connectivity index (χ0) is 34.9. The number of hydrogen-bond donors (Lipinski definition) is 2. The van der Waals surface area contributed by atoms with Crippen LogP contribution in [-0.2, 0) is 28.7 Å². The maximum absolute atomic E-state index is 15.1. The molecule has 4 heterocycles. The molecule has 262 valence electrons. The molecule has 0 aromatic heterocycles. The molecule has 4 aliphatic rings. The number of ether oxygens (including phenoxy) is 2. The molecule has 1 aromatic rings. The Morgan fingerprint density at radius 1 is 1.00 bits per heavy atom. The van der Waals surface area contributed by atoms with Crippen molar-refractivity contribution >= 4 is 39.6 Å². The quantitative estimate of drug-likeness (QED) is 0.224. The van der Waals surface area contributed by atoms with Crippen LogP contribution in [0.2, 0.25) is 0 Å². The van der Waals surface area contributed by atoms with Gasteiger partial charge in [-0.05, 0) is 63.0 Å². The molecule has 2 fully saturated rings. The molecule has 1 aromatic carbocycles. The maximum atomic E-state index is 15.1. The number of allylic oxidation sites excluding steroid dienone is 1. The zero-order valence-corrected chi connectivity index (χ0v) is 30.3. The molecule has 0 radical (unpaired) electrons. The van der Waals surface area contributed by atoms with E-state index in [0.29, 0.717) is 42.1 Å². The second-order valence-corrected chi connectivity index (χ2v) is 16.2. The van der Waals surface area contributed by atoms with Crippen molar-refractivity contribution in [3.63, 3.8) is 0 Å². The van der Waals surface area contributed by atoms with Gasteiger partial charge in [0.25, 0.3) is 0 Å². The topological polar surface area (TPSA) is 125 Å². The van der Waals surface area contributed by atoms with Gasteiger partial charge in [-0.15, -0.1) is 0 Å². The number of esters is 1. The normalized spacial score (nSPS) is 30.6. The van der Waals surface area contributed by atoms with Gasteiger partial charge < -0.3 is 29.7 Å². The van der Waals surface area contributed by atoms with Gasteiger partial charge in [0, 0.05) is 36.1 Å². The molecule has 48 heavy (non-hydrogen) atoms. The van der Waals surface area contributed by atoms with Crippen LogP contribution < -0.4 is 5.32 Å². The monoisotopic (exact) mass is 727 g/mol. The predicted octanol–water partition coefficient (Wildman–Crippen LogP) is 4.82. The van der Waals surface area contributed by atoms with Crippen molar-refractivity contribution in [2.45, 2.75) is 103 Å². The first-order chi connectivity index (χ1) is 22.7. The highest BCUT2D eigenvalue weighted by molar-refractivity contribution is 9.11. The average molecular weight is 729 g/mol. The molecule has 10 nitrogen and oxygen atoms in total. The Bertz CT molecular complexity index is 1440. The Labute approximate surface area is 292 Å². The lowest BCUT2D eigenvalue weighted by atomic mass is 9.74. The van der Waals surface area contributed by atoms with Gasteiger partial charge in [-0.3, -0.25) is 19.2 Å². The van der Waals surface area contributed by atoms with Crippen molar-refractivity contribution in [3.8, 4) is 0 Å². The SMILES string of the molecule is CC(C)(C)CC(C)(C)N1C/C=C\CCC(=O)NC[C@@H](c2ccccc2)OC(=O)[C@@H]2[C@H]3O[C@@]4(C=C3Br)[C@H](C1=O)N(CCCCCO)C(=O)[C@@H]24. The molecule has 0 unspecified atom stereocenters. The number of likely N-dealkylation sites (tertiary alicyclic amines) is 1. The lowest BCUT2D eigenvalue weighted by molar-refractivity contribution is -0.160. The van der Waals surface area contributed by atoms with Gasteiger partial charge in [-0.2, -0.15) is 0 Å². The van der Waals surface area contributed by atoms with Crippen LogP contribution in [0.3, 0.4) is 0 Å². The van der Waals surface area contributed by atoms with Gasteiger partial charge in [-0.1, -0.05) is 79.2 Å². The minimum Gasteiger partial charge on any atom is -0.455 e. The van der Waals surface area contributed by atoms with Crippen LogP contribution in [0.25, 0.3) is 0 Å². The Morgan fingerprint density at radius 2 is 1.73 bits per heavy atom. The fourth-order valence-corrected chi connectivity index (χ4v) is 8.91. The highest BCUT2D eigenvalue weighted by atomic mass is 79.9. The molecule has 5 rings (SSSR count). The Kier molecular flexibility index (Phi) is 10.9. The van der Waals surface area contributed by atoms with Crippen LogP contribution in [0.4, 0.5) is 0 Å². The lowest BCUT2D eigenvalue weighted by Crippen LogP contribution is -2.60. The van der Waals surface area contributed by atoms with E-state index in [-0.39, 0.29) is 55.8 Å². The second-order valence-electron chi connectivity index (χ2n) is 15.3. The first kappa shape index (κ1) is 36.3. The Hall–Kier alpha value is -3.02. The van der Waals surface area contributed by atoms with E-state index >= 15 is 4.79 Å². The maximum Gasteiger partial charge on any atom is 0.313 e. The van der Waals surface area contributed by atoms with Gasteiger partial charge in [-0.25, -0.2) is 0 Å². The number of benzene rings is 1. The number of carbonyl (C=O) groups is 4. The number of aliphatic hydroxyl groups is 1. The molecule has 11 heteroatoms. The predicted molar refractivity (Wildman–Crippen MR) is 185 cm³/mol. The third-order valence-corrected chi connectivity index (χ3v) is 10.5. The van der Waals surface area contributed by atoms with Crippen molar-refractivity contribution < 1.29 is 33.8 Å². The molecule has 0 aliphatic carbocycles. The summed E-state index contributed by atoms with van der Waals surface area (Å²) in [6, 6.07) is 8.20. The molecule has 2 saturated heterocycles. The first-order valence-corrected chi connectivity index (χ1v) is 18.0. The number of nitrogens with one attached hydrogen (secondary N) is 1. The minimum atomic E-state index is -1.37. The number of rotatable bonds is 8. The van der Waals surface area contributed by atoms with Crippen LogP contribution in [0, 0.1) is 17.3 Å². The number of carbonyl (C=O) groups excluding carboxylic acids is 4. The number of fused-ring (bicyclic) bond motifs is 2.